The standard InChI is InChI=1S/C7H7N3.FH/c8-5-1-2-6-7(3-5)10-4-9-6;/h1-4H,8H2,(H,9,10);1H. The van der Waals surface area contributed by atoms with Crippen molar-refractivity contribution in [3.05, 3.63) is 24.5 Å². The smallest absolute Gasteiger partial charge is 0.0931 e. The number of halogens is 1. The molecular formula is C7H8FN3. The number of nitrogens with two attached hydrogens (primary N) is 1. The van der Waals surface area contributed by atoms with Gasteiger partial charge in [-0.15, -0.1) is 0 Å². The minimum absolute atomic E-state index is 0. The SMILES string of the molecule is F.Nc1ccc2nc[nH]c2c1. The molecule has 1 heterocycles. The predicted molar refractivity (Wildman–Crippen MR) is 43.0 cm³/mol. The maximum atomic E-state index is 5.54. The van der Waals surface area contributed by atoms with E-state index in [2.05, 4.69) is 9.97 Å². The third kappa shape index (κ3) is 1.14. The second kappa shape index (κ2) is 2.57. The van der Waals surface area contributed by atoms with Gasteiger partial charge >= 0.3 is 0 Å². The van der Waals surface area contributed by atoms with Crippen LogP contribution < -0.4 is 5.73 Å². The first-order chi connectivity index (χ1) is 4.86. The summed E-state index contributed by atoms with van der Waals surface area (Å²) in [5.41, 5.74) is 8.24. The lowest BCUT2D eigenvalue weighted by Gasteiger charge is -1.89. The highest BCUT2D eigenvalue weighted by Gasteiger charge is 1.92. The van der Waals surface area contributed by atoms with Gasteiger partial charge in [-0.1, -0.05) is 0 Å². The second-order valence-corrected chi connectivity index (χ2v) is 2.18. The Morgan fingerprint density at radius 2 is 2.18 bits per heavy atom. The minimum atomic E-state index is 0. The van der Waals surface area contributed by atoms with Crippen LogP contribution in [0.1, 0.15) is 0 Å². The molecule has 0 saturated carbocycles. The summed E-state index contributed by atoms with van der Waals surface area (Å²) in [4.78, 5) is 7.02. The number of fused-ring (bicyclic) bond motifs is 1. The van der Waals surface area contributed by atoms with Gasteiger partial charge in [0.25, 0.3) is 0 Å². The Hall–Kier alpha value is -1.58. The highest BCUT2D eigenvalue weighted by molar-refractivity contribution is 5.77. The summed E-state index contributed by atoms with van der Waals surface area (Å²) in [6.45, 7) is 0. The molecule has 0 aliphatic rings. The zero-order valence-electron chi connectivity index (χ0n) is 5.74. The van der Waals surface area contributed by atoms with E-state index in [4.69, 9.17) is 5.73 Å². The quantitative estimate of drug-likeness (QED) is 0.560. The van der Waals surface area contributed by atoms with Crippen LogP contribution in [-0.2, 0) is 0 Å². The Labute approximate surface area is 62.6 Å². The van der Waals surface area contributed by atoms with E-state index in [9.17, 15) is 0 Å². The van der Waals surface area contributed by atoms with Gasteiger partial charge in [0.15, 0.2) is 0 Å². The van der Waals surface area contributed by atoms with Crippen LogP contribution in [0.4, 0.5) is 10.4 Å². The summed E-state index contributed by atoms with van der Waals surface area (Å²) in [6, 6.07) is 5.59. The molecule has 0 aliphatic carbocycles. The van der Waals surface area contributed by atoms with Gasteiger partial charge < -0.3 is 10.7 Å². The molecule has 2 rings (SSSR count). The predicted octanol–water partition coefficient (Wildman–Crippen LogP) is 1.30. The number of nitrogen functional groups attached to an aromatic ring is 1. The van der Waals surface area contributed by atoms with Crippen molar-refractivity contribution < 1.29 is 4.70 Å². The largest absolute Gasteiger partial charge is 0.399 e. The Morgan fingerprint density at radius 3 is 3.00 bits per heavy atom. The van der Waals surface area contributed by atoms with E-state index in [1.807, 2.05) is 18.2 Å². The lowest BCUT2D eigenvalue weighted by atomic mass is 10.3. The number of rotatable bonds is 0. The molecule has 0 atom stereocenters. The molecule has 11 heavy (non-hydrogen) atoms. The number of nitrogens with zero attached hydrogens (tertiary/aromatic N) is 1. The van der Waals surface area contributed by atoms with E-state index in [1.54, 1.807) is 6.33 Å². The monoisotopic (exact) mass is 153 g/mol. The first kappa shape index (κ1) is 7.53. The molecule has 0 unspecified atom stereocenters. The van der Waals surface area contributed by atoms with Gasteiger partial charge in [-0.25, -0.2) is 4.98 Å². The van der Waals surface area contributed by atoms with Crippen molar-refractivity contribution in [1.29, 1.82) is 0 Å². The Morgan fingerprint density at radius 1 is 1.36 bits per heavy atom. The van der Waals surface area contributed by atoms with Crippen LogP contribution in [-0.4, -0.2) is 9.97 Å². The Balaban J connectivity index is 0.000000605. The molecule has 0 fully saturated rings. The zero-order chi connectivity index (χ0) is 6.97. The number of anilines is 1. The maximum absolute atomic E-state index is 5.54. The Bertz CT molecular complexity index is 355. The van der Waals surface area contributed by atoms with Crippen molar-refractivity contribution in [2.24, 2.45) is 0 Å². The van der Waals surface area contributed by atoms with Crippen molar-refractivity contribution in [2.45, 2.75) is 0 Å². The summed E-state index contributed by atoms with van der Waals surface area (Å²) in [7, 11) is 0. The molecular weight excluding hydrogens is 145 g/mol. The van der Waals surface area contributed by atoms with Crippen LogP contribution >= 0.6 is 0 Å². The lowest BCUT2D eigenvalue weighted by molar-refractivity contribution is 1.11. The fourth-order valence-corrected chi connectivity index (χ4v) is 0.953. The van der Waals surface area contributed by atoms with Crippen LogP contribution in [0, 0.1) is 0 Å². The van der Waals surface area contributed by atoms with Crippen LogP contribution in [0.5, 0.6) is 0 Å². The first-order valence-electron chi connectivity index (χ1n) is 3.05. The topological polar surface area (TPSA) is 54.7 Å². The fraction of sp³-hybridized carbons (Fsp3) is 0. The molecule has 0 bridgehead atoms. The van der Waals surface area contributed by atoms with Crippen molar-refractivity contribution in [3.63, 3.8) is 0 Å². The fourth-order valence-electron chi connectivity index (χ4n) is 0.953. The van der Waals surface area contributed by atoms with Crippen molar-refractivity contribution >= 4 is 16.7 Å². The van der Waals surface area contributed by atoms with Crippen LogP contribution in [0.25, 0.3) is 11.0 Å². The summed E-state index contributed by atoms with van der Waals surface area (Å²) in [5.74, 6) is 0. The highest BCUT2D eigenvalue weighted by Crippen LogP contribution is 2.11. The van der Waals surface area contributed by atoms with E-state index in [0.717, 1.165) is 16.7 Å². The third-order valence-corrected chi connectivity index (χ3v) is 1.44. The number of aromatic nitrogens is 2. The van der Waals surface area contributed by atoms with Gasteiger partial charge in [-0.2, -0.15) is 0 Å². The molecule has 0 spiro atoms. The minimum Gasteiger partial charge on any atom is -0.399 e. The Kier molecular flexibility index (Phi) is 1.76. The number of hydrogen-bond acceptors (Lipinski definition) is 2. The molecule has 2 aromatic rings. The van der Waals surface area contributed by atoms with Gasteiger partial charge in [0.05, 0.1) is 17.4 Å². The van der Waals surface area contributed by atoms with Gasteiger partial charge in [0, 0.05) is 5.69 Å². The third-order valence-electron chi connectivity index (χ3n) is 1.44. The number of benzene rings is 1. The van der Waals surface area contributed by atoms with Crippen molar-refractivity contribution in [1.82, 2.24) is 9.97 Å². The van der Waals surface area contributed by atoms with Crippen LogP contribution in [0.2, 0.25) is 0 Å². The number of imidazole rings is 1. The van der Waals surface area contributed by atoms with Crippen LogP contribution in [0.3, 0.4) is 0 Å². The van der Waals surface area contributed by atoms with E-state index < -0.39 is 0 Å². The molecule has 4 heteroatoms. The zero-order valence-corrected chi connectivity index (χ0v) is 5.74. The van der Waals surface area contributed by atoms with E-state index >= 15 is 0 Å². The first-order valence-corrected chi connectivity index (χ1v) is 3.05. The van der Waals surface area contributed by atoms with Gasteiger partial charge in [-0.05, 0) is 18.2 Å². The molecule has 3 nitrogen and oxygen atoms in total. The molecule has 1 aromatic heterocycles. The molecule has 3 N–H and O–H groups in total. The highest BCUT2D eigenvalue weighted by atomic mass is 19.0. The molecule has 58 valence electrons. The lowest BCUT2D eigenvalue weighted by Crippen LogP contribution is -1.82. The maximum Gasteiger partial charge on any atom is 0.0931 e. The molecule has 0 amide bonds. The van der Waals surface area contributed by atoms with Crippen LogP contribution in [0.15, 0.2) is 24.5 Å². The molecule has 0 aliphatic heterocycles. The summed E-state index contributed by atoms with van der Waals surface area (Å²) in [6.07, 6.45) is 1.66. The molecule has 1 aromatic carbocycles. The average molecular weight is 153 g/mol. The van der Waals surface area contributed by atoms with Crippen molar-refractivity contribution in [3.8, 4) is 0 Å². The number of H-pyrrole nitrogens is 1. The normalized spacial score (nSPS) is 9.45. The van der Waals surface area contributed by atoms with E-state index in [1.165, 1.54) is 0 Å². The average Bonchev–Trinajstić information content (AvgIpc) is 2.33. The van der Waals surface area contributed by atoms with E-state index in [-0.39, 0.29) is 4.70 Å². The van der Waals surface area contributed by atoms with Gasteiger partial charge in [0.1, 0.15) is 0 Å². The number of nitrogens with one attached hydrogen (secondary N) is 1. The van der Waals surface area contributed by atoms with E-state index in [0.29, 0.717) is 0 Å². The summed E-state index contributed by atoms with van der Waals surface area (Å²) >= 11 is 0. The molecule has 0 saturated heterocycles. The number of aromatic amines is 1. The number of hydrogen-bond donors (Lipinski definition) is 2. The van der Waals surface area contributed by atoms with Gasteiger partial charge in [0.2, 0.25) is 0 Å². The molecule has 0 radical (unpaired) electrons. The van der Waals surface area contributed by atoms with Gasteiger partial charge in [-0.3, -0.25) is 4.70 Å². The van der Waals surface area contributed by atoms with Crippen molar-refractivity contribution in [2.75, 3.05) is 5.73 Å². The second-order valence-electron chi connectivity index (χ2n) is 2.18. The summed E-state index contributed by atoms with van der Waals surface area (Å²) in [5, 5.41) is 0. The summed E-state index contributed by atoms with van der Waals surface area (Å²) < 4.78 is 0.